The molecule has 0 bridgehead atoms. The zero-order valence-corrected chi connectivity index (χ0v) is 14.9. The maximum absolute atomic E-state index is 12.2. The van der Waals surface area contributed by atoms with Crippen molar-refractivity contribution in [2.24, 2.45) is 4.99 Å². The quantitative estimate of drug-likeness (QED) is 0.574. The lowest BCUT2D eigenvalue weighted by Gasteiger charge is -2.16. The van der Waals surface area contributed by atoms with E-state index < -0.39 is 0 Å². The number of benzene rings is 1. The van der Waals surface area contributed by atoms with Gasteiger partial charge >= 0.3 is 6.03 Å². The summed E-state index contributed by atoms with van der Waals surface area (Å²) >= 11 is 0. The molecule has 1 aromatic carbocycles. The van der Waals surface area contributed by atoms with E-state index in [0.29, 0.717) is 12.6 Å². The van der Waals surface area contributed by atoms with Gasteiger partial charge in [-0.2, -0.15) is 0 Å². The van der Waals surface area contributed by atoms with E-state index in [9.17, 15) is 4.79 Å². The van der Waals surface area contributed by atoms with Crippen LogP contribution in [-0.4, -0.2) is 42.6 Å². The van der Waals surface area contributed by atoms with Crippen LogP contribution in [0.2, 0.25) is 0 Å². The summed E-state index contributed by atoms with van der Waals surface area (Å²) in [5.41, 5.74) is 1.89. The van der Waals surface area contributed by atoms with Crippen LogP contribution in [0.25, 0.3) is 0 Å². The first-order valence-corrected chi connectivity index (χ1v) is 8.78. The zero-order valence-electron chi connectivity index (χ0n) is 14.9. The second kappa shape index (κ2) is 9.15. The average molecular weight is 331 g/mol. The number of guanidine groups is 1. The van der Waals surface area contributed by atoms with Crippen molar-refractivity contribution in [2.45, 2.75) is 46.2 Å². The van der Waals surface area contributed by atoms with E-state index in [1.165, 1.54) is 0 Å². The molecule has 0 saturated carbocycles. The maximum Gasteiger partial charge on any atom is 0.321 e. The lowest BCUT2D eigenvalue weighted by molar-refractivity contribution is 0.222. The molecule has 0 radical (unpaired) electrons. The monoisotopic (exact) mass is 331 g/mol. The Hall–Kier alpha value is -2.24. The number of hydrogen-bond acceptors (Lipinski definition) is 2. The summed E-state index contributed by atoms with van der Waals surface area (Å²) < 4.78 is 0. The molecule has 0 atom stereocenters. The number of nitrogens with zero attached hydrogens (tertiary/aromatic N) is 2. The molecule has 3 N–H and O–H groups in total. The van der Waals surface area contributed by atoms with Crippen LogP contribution in [0.15, 0.2) is 29.3 Å². The third kappa shape index (κ3) is 5.76. The summed E-state index contributed by atoms with van der Waals surface area (Å²) in [6.45, 7) is 9.31. The highest BCUT2D eigenvalue weighted by atomic mass is 16.2. The largest absolute Gasteiger partial charge is 0.357 e. The van der Waals surface area contributed by atoms with Gasteiger partial charge in [0.25, 0.3) is 0 Å². The van der Waals surface area contributed by atoms with E-state index in [4.69, 9.17) is 0 Å². The van der Waals surface area contributed by atoms with Crippen molar-refractivity contribution in [1.82, 2.24) is 15.5 Å². The Kier molecular flexibility index (Phi) is 6.90. The highest BCUT2D eigenvalue weighted by Gasteiger charge is 2.17. The maximum atomic E-state index is 12.2. The van der Waals surface area contributed by atoms with E-state index in [1.807, 2.05) is 36.1 Å². The van der Waals surface area contributed by atoms with Crippen molar-refractivity contribution in [3.8, 4) is 0 Å². The van der Waals surface area contributed by atoms with Gasteiger partial charge in [0, 0.05) is 31.4 Å². The predicted octanol–water partition coefficient (Wildman–Crippen LogP) is 2.78. The topological polar surface area (TPSA) is 68.8 Å². The number of urea groups is 1. The van der Waals surface area contributed by atoms with Crippen molar-refractivity contribution >= 4 is 17.7 Å². The molecule has 1 fully saturated rings. The zero-order chi connectivity index (χ0) is 17.4. The summed E-state index contributed by atoms with van der Waals surface area (Å²) in [7, 11) is 0. The second-order valence-corrected chi connectivity index (χ2v) is 6.32. The summed E-state index contributed by atoms with van der Waals surface area (Å²) in [6.07, 6.45) is 2.19. The number of rotatable bonds is 5. The third-order valence-electron chi connectivity index (χ3n) is 3.76. The molecule has 24 heavy (non-hydrogen) atoms. The number of carbonyl (C=O) groups is 1. The molecule has 2 rings (SSSR count). The number of hydrogen-bond donors (Lipinski definition) is 3. The minimum Gasteiger partial charge on any atom is -0.357 e. The van der Waals surface area contributed by atoms with E-state index in [-0.39, 0.29) is 6.03 Å². The van der Waals surface area contributed by atoms with Crippen LogP contribution < -0.4 is 16.0 Å². The predicted molar refractivity (Wildman–Crippen MR) is 99.4 cm³/mol. The van der Waals surface area contributed by atoms with Crippen LogP contribution in [0.1, 0.15) is 39.2 Å². The Labute approximate surface area is 144 Å². The van der Waals surface area contributed by atoms with Crippen LogP contribution in [-0.2, 0) is 6.54 Å². The van der Waals surface area contributed by atoms with E-state index >= 15 is 0 Å². The van der Waals surface area contributed by atoms with Crippen molar-refractivity contribution in [3.63, 3.8) is 0 Å². The van der Waals surface area contributed by atoms with Gasteiger partial charge in [-0.3, -0.25) is 0 Å². The molecule has 1 aromatic rings. The van der Waals surface area contributed by atoms with Gasteiger partial charge in [0.05, 0.1) is 6.54 Å². The average Bonchev–Trinajstić information content (AvgIpc) is 3.07. The molecule has 0 aromatic heterocycles. The SMILES string of the molecule is CCNC(=NCc1cccc(NC(=O)N2CCCC2)c1)NC(C)C. The number of aliphatic imine (C=N–C) groups is 1. The summed E-state index contributed by atoms with van der Waals surface area (Å²) in [4.78, 5) is 18.6. The Morgan fingerprint density at radius 1 is 1.29 bits per heavy atom. The number of nitrogens with one attached hydrogen (secondary N) is 3. The van der Waals surface area contributed by atoms with Gasteiger partial charge in [0.15, 0.2) is 5.96 Å². The van der Waals surface area contributed by atoms with Gasteiger partial charge in [0.2, 0.25) is 0 Å². The lowest BCUT2D eigenvalue weighted by Crippen LogP contribution is -2.41. The first-order chi connectivity index (χ1) is 11.6. The van der Waals surface area contributed by atoms with Crippen LogP contribution in [0.3, 0.4) is 0 Å². The molecular formula is C18H29N5O. The van der Waals surface area contributed by atoms with Gasteiger partial charge in [0.1, 0.15) is 0 Å². The van der Waals surface area contributed by atoms with Crippen LogP contribution in [0, 0.1) is 0 Å². The van der Waals surface area contributed by atoms with Crippen molar-refractivity contribution in [3.05, 3.63) is 29.8 Å². The molecular weight excluding hydrogens is 302 g/mol. The molecule has 0 spiro atoms. The summed E-state index contributed by atoms with van der Waals surface area (Å²) in [5.74, 6) is 0.805. The summed E-state index contributed by atoms with van der Waals surface area (Å²) in [6, 6.07) is 8.19. The molecule has 132 valence electrons. The lowest BCUT2D eigenvalue weighted by atomic mass is 10.2. The molecule has 1 aliphatic heterocycles. The Balaban J connectivity index is 1.97. The standard InChI is InChI=1S/C18H29N5O/c1-4-19-17(21-14(2)3)20-13-15-8-7-9-16(12-15)22-18(24)23-10-5-6-11-23/h7-9,12,14H,4-6,10-11,13H2,1-3H3,(H,22,24)(H2,19,20,21). The minimum atomic E-state index is -0.0111. The molecule has 2 amide bonds. The smallest absolute Gasteiger partial charge is 0.321 e. The first-order valence-electron chi connectivity index (χ1n) is 8.78. The molecule has 1 saturated heterocycles. The molecule has 6 heteroatoms. The second-order valence-electron chi connectivity index (χ2n) is 6.32. The fourth-order valence-electron chi connectivity index (χ4n) is 2.63. The summed E-state index contributed by atoms with van der Waals surface area (Å²) in [5, 5.41) is 9.50. The minimum absolute atomic E-state index is 0.0111. The Morgan fingerprint density at radius 3 is 2.71 bits per heavy atom. The third-order valence-corrected chi connectivity index (χ3v) is 3.76. The highest BCUT2D eigenvalue weighted by molar-refractivity contribution is 5.89. The normalized spacial score (nSPS) is 14.8. The van der Waals surface area contributed by atoms with Crippen molar-refractivity contribution < 1.29 is 4.79 Å². The van der Waals surface area contributed by atoms with Gasteiger partial charge in [-0.05, 0) is 51.3 Å². The molecule has 6 nitrogen and oxygen atoms in total. The number of anilines is 1. The number of likely N-dealkylation sites (tertiary alicyclic amines) is 1. The van der Waals surface area contributed by atoms with Crippen molar-refractivity contribution in [1.29, 1.82) is 0 Å². The highest BCUT2D eigenvalue weighted by Crippen LogP contribution is 2.14. The fourth-order valence-corrected chi connectivity index (χ4v) is 2.63. The van der Waals surface area contributed by atoms with Crippen LogP contribution >= 0.6 is 0 Å². The Bertz CT molecular complexity index is 564. The number of amides is 2. The van der Waals surface area contributed by atoms with Gasteiger partial charge in [-0.1, -0.05) is 12.1 Å². The first kappa shape index (κ1) is 18.1. The fraction of sp³-hybridized carbons (Fsp3) is 0.556. The molecule has 1 heterocycles. The van der Waals surface area contributed by atoms with E-state index in [2.05, 4.69) is 34.8 Å². The Morgan fingerprint density at radius 2 is 2.04 bits per heavy atom. The van der Waals surface area contributed by atoms with Crippen LogP contribution in [0.4, 0.5) is 10.5 Å². The molecule has 1 aliphatic rings. The van der Waals surface area contributed by atoms with Gasteiger partial charge in [-0.25, -0.2) is 9.79 Å². The van der Waals surface area contributed by atoms with Gasteiger partial charge in [-0.15, -0.1) is 0 Å². The van der Waals surface area contributed by atoms with E-state index in [1.54, 1.807) is 0 Å². The number of carbonyl (C=O) groups excluding carboxylic acids is 1. The molecule has 0 unspecified atom stereocenters. The van der Waals surface area contributed by atoms with Crippen LogP contribution in [0.5, 0.6) is 0 Å². The molecule has 0 aliphatic carbocycles. The van der Waals surface area contributed by atoms with Crippen molar-refractivity contribution in [2.75, 3.05) is 25.0 Å². The van der Waals surface area contributed by atoms with E-state index in [0.717, 1.165) is 49.7 Å². The van der Waals surface area contributed by atoms with Gasteiger partial charge < -0.3 is 20.9 Å².